The number of hydrazine groups is 2. The van der Waals surface area contributed by atoms with Crippen molar-refractivity contribution in [3.05, 3.63) is 60.7 Å². The van der Waals surface area contributed by atoms with E-state index in [1.807, 2.05) is 12.1 Å². The molecule has 0 aliphatic heterocycles. The predicted molar refractivity (Wildman–Crippen MR) is 154 cm³/mol. The SMILES string of the molecule is O=C(CCCCCCCC(=O)NNC(=O)CCC(=O)Nc1ccccc1)NNC(=O)CCC(=O)Nc1ccccc1. The second kappa shape index (κ2) is 19.3. The van der Waals surface area contributed by atoms with Crippen LogP contribution in [-0.2, 0) is 28.8 Å². The van der Waals surface area contributed by atoms with Crippen LogP contribution in [0.15, 0.2) is 60.7 Å². The molecule has 0 spiro atoms. The minimum atomic E-state index is -0.454. The van der Waals surface area contributed by atoms with Crippen LogP contribution in [0.1, 0.15) is 70.6 Å². The van der Waals surface area contributed by atoms with Gasteiger partial charge in [-0.05, 0) is 37.1 Å². The first-order valence-corrected chi connectivity index (χ1v) is 13.7. The van der Waals surface area contributed by atoms with Crippen LogP contribution in [0.4, 0.5) is 11.4 Å². The number of benzene rings is 2. The highest BCUT2D eigenvalue weighted by Crippen LogP contribution is 2.08. The number of carbonyl (C=O) groups excluding carboxylic acids is 6. The van der Waals surface area contributed by atoms with Crippen molar-refractivity contribution in [2.45, 2.75) is 70.6 Å². The molecule has 6 amide bonds. The van der Waals surface area contributed by atoms with Crippen LogP contribution >= 0.6 is 0 Å². The van der Waals surface area contributed by atoms with Crippen molar-refractivity contribution in [3.63, 3.8) is 0 Å². The summed E-state index contributed by atoms with van der Waals surface area (Å²) >= 11 is 0. The van der Waals surface area contributed by atoms with Gasteiger partial charge in [-0.3, -0.25) is 50.5 Å². The van der Waals surface area contributed by atoms with Gasteiger partial charge in [0.2, 0.25) is 35.4 Å². The monoisotopic (exact) mass is 566 g/mol. The third kappa shape index (κ3) is 16.1. The Morgan fingerprint density at radius 1 is 0.366 bits per heavy atom. The molecule has 41 heavy (non-hydrogen) atoms. The lowest BCUT2D eigenvalue weighted by molar-refractivity contribution is -0.129. The molecule has 220 valence electrons. The largest absolute Gasteiger partial charge is 0.326 e. The minimum absolute atomic E-state index is 0.00505. The van der Waals surface area contributed by atoms with E-state index in [0.29, 0.717) is 24.2 Å². The van der Waals surface area contributed by atoms with Gasteiger partial charge in [-0.2, -0.15) is 0 Å². The Bertz CT molecular complexity index is 1050. The summed E-state index contributed by atoms with van der Waals surface area (Å²) in [5.41, 5.74) is 10.6. The molecule has 0 saturated carbocycles. The zero-order valence-corrected chi connectivity index (χ0v) is 23.0. The van der Waals surface area contributed by atoms with Crippen molar-refractivity contribution in [2.75, 3.05) is 10.6 Å². The fourth-order valence-corrected chi connectivity index (χ4v) is 3.57. The molecule has 0 aliphatic carbocycles. The zero-order valence-electron chi connectivity index (χ0n) is 23.0. The summed E-state index contributed by atoms with van der Waals surface area (Å²) in [7, 11) is 0. The fourth-order valence-electron chi connectivity index (χ4n) is 3.57. The highest BCUT2D eigenvalue weighted by Gasteiger charge is 2.10. The first-order valence-electron chi connectivity index (χ1n) is 13.7. The van der Waals surface area contributed by atoms with E-state index in [0.717, 1.165) is 19.3 Å². The lowest BCUT2D eigenvalue weighted by atomic mass is 10.1. The molecule has 2 rings (SSSR count). The summed E-state index contributed by atoms with van der Waals surface area (Å²) in [6.07, 6.45) is 4.01. The van der Waals surface area contributed by atoms with Crippen LogP contribution < -0.4 is 32.3 Å². The standard InChI is InChI=1S/C29H38N6O6/c36-24(30-22-12-6-4-7-13-22)18-20-28(40)34-32-26(38)16-10-2-1-3-11-17-27(39)33-35-29(41)21-19-25(37)31-23-14-8-5-9-15-23/h4-9,12-15H,1-3,10-11,16-21H2,(H,30,36)(H,31,37)(H,32,38)(H,33,39)(H,34,40)(H,35,41). The molecule has 0 atom stereocenters. The molecule has 6 N–H and O–H groups in total. The van der Waals surface area contributed by atoms with E-state index in [2.05, 4.69) is 32.3 Å². The van der Waals surface area contributed by atoms with Crippen LogP contribution in [0.3, 0.4) is 0 Å². The van der Waals surface area contributed by atoms with Gasteiger partial charge in [0.1, 0.15) is 0 Å². The van der Waals surface area contributed by atoms with Crippen molar-refractivity contribution in [2.24, 2.45) is 0 Å². The van der Waals surface area contributed by atoms with Gasteiger partial charge in [0.15, 0.2) is 0 Å². The number of nitrogens with one attached hydrogen (secondary N) is 6. The van der Waals surface area contributed by atoms with E-state index in [4.69, 9.17) is 0 Å². The molecule has 2 aromatic carbocycles. The molecule has 12 nitrogen and oxygen atoms in total. The second-order valence-corrected chi connectivity index (χ2v) is 9.29. The molecular formula is C29H38N6O6. The average Bonchev–Trinajstić information content (AvgIpc) is 2.97. The maximum absolute atomic E-state index is 11.9. The van der Waals surface area contributed by atoms with Crippen molar-refractivity contribution >= 4 is 46.8 Å². The zero-order chi connectivity index (χ0) is 29.7. The van der Waals surface area contributed by atoms with E-state index >= 15 is 0 Å². The van der Waals surface area contributed by atoms with Crippen LogP contribution in [0.2, 0.25) is 0 Å². The molecule has 0 fully saturated rings. The number of para-hydroxylation sites is 2. The van der Waals surface area contributed by atoms with Crippen LogP contribution in [0.5, 0.6) is 0 Å². The summed E-state index contributed by atoms with van der Waals surface area (Å²) in [5, 5.41) is 5.37. The first-order chi connectivity index (χ1) is 19.8. The van der Waals surface area contributed by atoms with Crippen LogP contribution in [0, 0.1) is 0 Å². The minimum Gasteiger partial charge on any atom is -0.326 e. The van der Waals surface area contributed by atoms with Crippen molar-refractivity contribution in [1.29, 1.82) is 0 Å². The van der Waals surface area contributed by atoms with Gasteiger partial charge in [0.25, 0.3) is 0 Å². The Labute approximate surface area is 239 Å². The summed E-state index contributed by atoms with van der Waals surface area (Å²) in [4.78, 5) is 71.2. The number of carbonyl (C=O) groups is 6. The van der Waals surface area contributed by atoms with Gasteiger partial charge in [-0.15, -0.1) is 0 Å². The molecule has 2 aromatic rings. The molecule has 0 unspecified atom stereocenters. The molecular weight excluding hydrogens is 528 g/mol. The predicted octanol–water partition coefficient (Wildman–Crippen LogP) is 2.85. The number of anilines is 2. The molecule has 0 bridgehead atoms. The molecule has 0 radical (unpaired) electrons. The first kappa shape index (κ1) is 32.5. The number of hydrogen-bond donors (Lipinski definition) is 6. The Hall–Kier alpha value is -4.74. The summed E-state index contributed by atoms with van der Waals surface area (Å²) < 4.78 is 0. The van der Waals surface area contributed by atoms with Crippen molar-refractivity contribution in [1.82, 2.24) is 21.7 Å². The quantitative estimate of drug-likeness (QED) is 0.135. The van der Waals surface area contributed by atoms with Gasteiger partial charge in [0.05, 0.1) is 0 Å². The Kier molecular flexibility index (Phi) is 15.3. The van der Waals surface area contributed by atoms with E-state index in [1.54, 1.807) is 48.5 Å². The van der Waals surface area contributed by atoms with Crippen LogP contribution in [-0.4, -0.2) is 35.4 Å². The Morgan fingerprint density at radius 2 is 0.659 bits per heavy atom. The van der Waals surface area contributed by atoms with Crippen molar-refractivity contribution in [3.8, 4) is 0 Å². The Morgan fingerprint density at radius 3 is 1.02 bits per heavy atom. The second-order valence-electron chi connectivity index (χ2n) is 9.29. The van der Waals surface area contributed by atoms with E-state index in [-0.39, 0.29) is 62.2 Å². The van der Waals surface area contributed by atoms with Gasteiger partial charge >= 0.3 is 0 Å². The van der Waals surface area contributed by atoms with Gasteiger partial charge in [-0.25, -0.2) is 0 Å². The topological polar surface area (TPSA) is 175 Å². The van der Waals surface area contributed by atoms with E-state index in [9.17, 15) is 28.8 Å². The highest BCUT2D eigenvalue weighted by molar-refractivity contribution is 5.94. The third-order valence-corrected chi connectivity index (χ3v) is 5.76. The number of hydrogen-bond acceptors (Lipinski definition) is 6. The van der Waals surface area contributed by atoms with Crippen molar-refractivity contribution < 1.29 is 28.8 Å². The maximum Gasteiger partial charge on any atom is 0.238 e. The fraction of sp³-hybridized carbons (Fsp3) is 0.379. The molecule has 0 aromatic heterocycles. The summed E-state index contributed by atoms with van der Waals surface area (Å²) in [6.45, 7) is 0. The number of amides is 6. The maximum atomic E-state index is 11.9. The molecule has 12 heteroatoms. The van der Waals surface area contributed by atoms with Gasteiger partial charge in [-0.1, -0.05) is 55.7 Å². The Balaban J connectivity index is 1.40. The number of rotatable bonds is 16. The van der Waals surface area contributed by atoms with E-state index in [1.165, 1.54) is 0 Å². The van der Waals surface area contributed by atoms with Gasteiger partial charge in [0, 0.05) is 49.9 Å². The van der Waals surface area contributed by atoms with E-state index < -0.39 is 11.8 Å². The highest BCUT2D eigenvalue weighted by atomic mass is 16.2. The normalized spacial score (nSPS) is 10.1. The number of unbranched alkanes of at least 4 members (excludes halogenated alkanes) is 4. The molecule has 0 aliphatic rings. The summed E-state index contributed by atoms with van der Waals surface area (Å²) in [5.74, 6) is -2.13. The lowest BCUT2D eigenvalue weighted by Gasteiger charge is -2.08. The molecule has 0 heterocycles. The lowest BCUT2D eigenvalue weighted by Crippen LogP contribution is -2.41. The summed E-state index contributed by atoms with van der Waals surface area (Å²) in [6, 6.07) is 17.8. The third-order valence-electron chi connectivity index (χ3n) is 5.76. The van der Waals surface area contributed by atoms with Gasteiger partial charge < -0.3 is 10.6 Å². The smallest absolute Gasteiger partial charge is 0.238 e. The average molecular weight is 567 g/mol. The molecule has 0 saturated heterocycles. The van der Waals surface area contributed by atoms with Crippen LogP contribution in [0.25, 0.3) is 0 Å².